The third-order valence-electron chi connectivity index (χ3n) is 7.51. The summed E-state index contributed by atoms with van der Waals surface area (Å²) in [5, 5.41) is 6.08. The average molecular weight is 543 g/mol. The van der Waals surface area contributed by atoms with Gasteiger partial charge in [0.2, 0.25) is 11.8 Å². The van der Waals surface area contributed by atoms with E-state index in [1.54, 1.807) is 6.20 Å². The highest BCUT2D eigenvalue weighted by molar-refractivity contribution is 5.88. The summed E-state index contributed by atoms with van der Waals surface area (Å²) in [5.74, 6) is -0.999. The minimum atomic E-state index is -1.06. The lowest BCUT2D eigenvalue weighted by Gasteiger charge is -2.41. The second-order valence-electron chi connectivity index (χ2n) is 10.2. The first-order chi connectivity index (χ1) is 19.5. The SMILES string of the molecule is COC(=O)C1(NC(=O)CCc2ccccc2)CCN(CC(C(=O)NCCc2ccccn2)c2ccccc2)CC1. The molecule has 2 aromatic carbocycles. The van der Waals surface area contributed by atoms with Crippen molar-refractivity contribution in [3.05, 3.63) is 102 Å². The monoisotopic (exact) mass is 542 g/mol. The molecule has 8 heteroatoms. The first-order valence-electron chi connectivity index (χ1n) is 13.9. The van der Waals surface area contributed by atoms with Crippen LogP contribution in [0.1, 0.15) is 42.0 Å². The topological polar surface area (TPSA) is 101 Å². The van der Waals surface area contributed by atoms with Crippen LogP contribution in [0.5, 0.6) is 0 Å². The van der Waals surface area contributed by atoms with Gasteiger partial charge in [0.1, 0.15) is 5.54 Å². The molecule has 2 amide bonds. The number of rotatable bonds is 12. The summed E-state index contributed by atoms with van der Waals surface area (Å²) < 4.78 is 5.12. The molecule has 2 N–H and O–H groups in total. The number of pyridine rings is 1. The zero-order valence-electron chi connectivity index (χ0n) is 23.1. The molecule has 3 aromatic rings. The van der Waals surface area contributed by atoms with Crippen molar-refractivity contribution in [2.24, 2.45) is 0 Å². The molecule has 1 fully saturated rings. The maximum atomic E-state index is 13.3. The number of benzene rings is 2. The number of carbonyl (C=O) groups excluding carboxylic acids is 3. The zero-order valence-corrected chi connectivity index (χ0v) is 23.1. The lowest BCUT2D eigenvalue weighted by molar-refractivity contribution is -0.153. The number of esters is 1. The second-order valence-corrected chi connectivity index (χ2v) is 10.2. The molecule has 1 saturated heterocycles. The highest BCUT2D eigenvalue weighted by Gasteiger charge is 2.44. The highest BCUT2D eigenvalue weighted by atomic mass is 16.5. The van der Waals surface area contributed by atoms with Crippen LogP contribution in [-0.2, 0) is 32.0 Å². The number of ether oxygens (including phenoxy) is 1. The summed E-state index contributed by atoms with van der Waals surface area (Å²) in [7, 11) is 1.35. The van der Waals surface area contributed by atoms with E-state index in [9.17, 15) is 14.4 Å². The molecule has 0 aliphatic carbocycles. The number of methoxy groups -OCH3 is 1. The van der Waals surface area contributed by atoms with Crippen molar-refractivity contribution in [3.63, 3.8) is 0 Å². The number of hydrogen-bond acceptors (Lipinski definition) is 6. The van der Waals surface area contributed by atoms with Crippen LogP contribution in [0, 0.1) is 0 Å². The number of nitrogens with one attached hydrogen (secondary N) is 2. The van der Waals surface area contributed by atoms with Gasteiger partial charge >= 0.3 is 5.97 Å². The van der Waals surface area contributed by atoms with Crippen molar-refractivity contribution in [3.8, 4) is 0 Å². The minimum Gasteiger partial charge on any atom is -0.467 e. The number of carbonyl (C=O) groups is 3. The second kappa shape index (κ2) is 14.4. The Balaban J connectivity index is 1.36. The summed E-state index contributed by atoms with van der Waals surface area (Å²) in [6.07, 6.45) is 4.13. The fourth-order valence-corrected chi connectivity index (χ4v) is 5.19. The quantitative estimate of drug-likeness (QED) is 0.341. The molecule has 1 atom stereocenters. The van der Waals surface area contributed by atoms with Crippen LogP contribution in [0.4, 0.5) is 0 Å². The van der Waals surface area contributed by atoms with E-state index < -0.39 is 11.5 Å². The summed E-state index contributed by atoms with van der Waals surface area (Å²) >= 11 is 0. The molecular formula is C32H38N4O4. The molecule has 1 aromatic heterocycles. The van der Waals surface area contributed by atoms with E-state index in [2.05, 4.69) is 20.5 Å². The van der Waals surface area contributed by atoms with Crippen LogP contribution >= 0.6 is 0 Å². The summed E-state index contributed by atoms with van der Waals surface area (Å²) in [6, 6.07) is 25.3. The third kappa shape index (κ3) is 7.99. The first kappa shape index (κ1) is 29.0. The largest absolute Gasteiger partial charge is 0.467 e. The van der Waals surface area contributed by atoms with Gasteiger partial charge in [0.05, 0.1) is 13.0 Å². The van der Waals surface area contributed by atoms with Gasteiger partial charge in [0.25, 0.3) is 0 Å². The predicted molar refractivity (Wildman–Crippen MR) is 153 cm³/mol. The summed E-state index contributed by atoms with van der Waals surface area (Å²) in [6.45, 7) is 2.12. The van der Waals surface area contributed by atoms with Gasteiger partial charge in [-0.25, -0.2) is 4.79 Å². The van der Waals surface area contributed by atoms with E-state index in [4.69, 9.17) is 4.74 Å². The molecule has 1 aliphatic heterocycles. The Kier molecular flexibility index (Phi) is 10.4. The number of piperidine rings is 1. The molecule has 0 spiro atoms. The Hall–Kier alpha value is -4.04. The fraction of sp³-hybridized carbons (Fsp3) is 0.375. The Bertz CT molecular complexity index is 1230. The van der Waals surface area contributed by atoms with Crippen LogP contribution in [0.15, 0.2) is 85.1 Å². The first-order valence-corrected chi connectivity index (χ1v) is 13.9. The van der Waals surface area contributed by atoms with E-state index in [-0.39, 0.29) is 17.7 Å². The van der Waals surface area contributed by atoms with Crippen LogP contribution in [0.25, 0.3) is 0 Å². The van der Waals surface area contributed by atoms with Gasteiger partial charge < -0.3 is 20.3 Å². The smallest absolute Gasteiger partial charge is 0.331 e. The molecule has 0 saturated carbocycles. The van der Waals surface area contributed by atoms with Gasteiger partial charge in [-0.15, -0.1) is 0 Å². The lowest BCUT2D eigenvalue weighted by atomic mass is 9.86. The molecule has 2 heterocycles. The van der Waals surface area contributed by atoms with Crippen molar-refractivity contribution in [2.45, 2.75) is 43.6 Å². The van der Waals surface area contributed by atoms with Gasteiger partial charge in [-0.05, 0) is 42.5 Å². The maximum Gasteiger partial charge on any atom is 0.331 e. The van der Waals surface area contributed by atoms with Crippen molar-refractivity contribution in [1.29, 1.82) is 0 Å². The van der Waals surface area contributed by atoms with Crippen molar-refractivity contribution < 1.29 is 19.1 Å². The number of aromatic nitrogens is 1. The molecule has 1 aliphatic rings. The van der Waals surface area contributed by atoms with Gasteiger partial charge in [0.15, 0.2) is 0 Å². The van der Waals surface area contributed by atoms with Gasteiger partial charge in [-0.1, -0.05) is 66.7 Å². The van der Waals surface area contributed by atoms with E-state index in [1.807, 2.05) is 78.9 Å². The number of nitrogens with zero attached hydrogens (tertiary/aromatic N) is 2. The number of amides is 2. The van der Waals surface area contributed by atoms with Crippen molar-refractivity contribution in [1.82, 2.24) is 20.5 Å². The maximum absolute atomic E-state index is 13.3. The molecule has 210 valence electrons. The van der Waals surface area contributed by atoms with Crippen molar-refractivity contribution in [2.75, 3.05) is 33.3 Å². The Labute approximate surface area is 236 Å². The van der Waals surface area contributed by atoms with Gasteiger partial charge in [0, 0.05) is 50.9 Å². The Morgan fingerprint density at radius 3 is 2.25 bits per heavy atom. The van der Waals surface area contributed by atoms with Crippen LogP contribution in [0.3, 0.4) is 0 Å². The molecule has 8 nitrogen and oxygen atoms in total. The van der Waals surface area contributed by atoms with E-state index >= 15 is 0 Å². The average Bonchev–Trinajstić information content (AvgIpc) is 3.00. The predicted octanol–water partition coefficient (Wildman–Crippen LogP) is 3.28. The Morgan fingerprint density at radius 2 is 1.60 bits per heavy atom. The Morgan fingerprint density at radius 1 is 0.925 bits per heavy atom. The molecule has 40 heavy (non-hydrogen) atoms. The highest BCUT2D eigenvalue weighted by Crippen LogP contribution is 2.27. The number of aryl methyl sites for hydroxylation is 1. The standard InChI is InChI=1S/C32H38N4O4/c1-40-31(39)32(35-29(37)16-15-25-10-4-2-5-11-25)18-22-36(23-19-32)24-28(26-12-6-3-7-13-26)30(38)34-21-17-27-14-8-9-20-33-27/h2-14,20,28H,15-19,21-24H2,1H3,(H,34,38)(H,35,37). The lowest BCUT2D eigenvalue weighted by Crippen LogP contribution is -2.60. The van der Waals surface area contributed by atoms with E-state index in [1.165, 1.54) is 7.11 Å². The van der Waals surface area contributed by atoms with Crippen LogP contribution in [0.2, 0.25) is 0 Å². The van der Waals surface area contributed by atoms with Crippen LogP contribution in [-0.4, -0.2) is 66.5 Å². The van der Waals surface area contributed by atoms with Crippen molar-refractivity contribution >= 4 is 17.8 Å². The molecule has 0 bridgehead atoms. The number of hydrogen-bond donors (Lipinski definition) is 2. The van der Waals surface area contributed by atoms with Crippen LogP contribution < -0.4 is 10.6 Å². The van der Waals surface area contributed by atoms with Gasteiger partial charge in [-0.3, -0.25) is 14.6 Å². The fourth-order valence-electron chi connectivity index (χ4n) is 5.19. The molecule has 1 unspecified atom stereocenters. The minimum absolute atomic E-state index is 0.0406. The molecule has 4 rings (SSSR count). The normalized spacial score (nSPS) is 15.5. The summed E-state index contributed by atoms with van der Waals surface area (Å²) in [5.41, 5.74) is 1.88. The molecular weight excluding hydrogens is 504 g/mol. The zero-order chi connectivity index (χ0) is 28.2. The van der Waals surface area contributed by atoms with E-state index in [0.29, 0.717) is 58.3 Å². The molecule has 0 radical (unpaired) electrons. The summed E-state index contributed by atoms with van der Waals surface area (Å²) in [4.78, 5) is 45.6. The van der Waals surface area contributed by atoms with E-state index in [0.717, 1.165) is 16.8 Å². The van der Waals surface area contributed by atoms with Gasteiger partial charge in [-0.2, -0.15) is 0 Å². The number of likely N-dealkylation sites (tertiary alicyclic amines) is 1. The third-order valence-corrected chi connectivity index (χ3v) is 7.51.